The van der Waals surface area contributed by atoms with Gasteiger partial charge in [0.05, 0.1) is 30.1 Å². The van der Waals surface area contributed by atoms with Crippen molar-refractivity contribution in [2.45, 2.75) is 11.4 Å². The topological polar surface area (TPSA) is 45.1 Å². The molecule has 2 aliphatic heterocycles. The van der Waals surface area contributed by atoms with Crippen molar-refractivity contribution in [3.05, 3.63) is 119 Å². The van der Waals surface area contributed by atoms with Gasteiger partial charge in [0.15, 0.2) is 5.17 Å². The Morgan fingerprint density at radius 1 is 0.816 bits per heavy atom. The molecule has 4 aromatic carbocycles. The van der Waals surface area contributed by atoms with Crippen LogP contribution < -0.4 is 9.64 Å². The fourth-order valence-corrected chi connectivity index (χ4v) is 6.77. The van der Waals surface area contributed by atoms with Gasteiger partial charge in [-0.1, -0.05) is 84.6 Å². The number of aliphatic imine (C=N–C) groups is 1. The summed E-state index contributed by atoms with van der Waals surface area (Å²) in [6, 6.07) is 34.5. The number of fused-ring (bicyclic) bond motifs is 1. The largest absolute Gasteiger partial charge is 0.497 e. The summed E-state index contributed by atoms with van der Waals surface area (Å²) in [4.78, 5) is 24.4. The zero-order valence-electron chi connectivity index (χ0n) is 21.0. The molecule has 6 rings (SSSR count). The molecule has 0 unspecified atom stereocenters. The third-order valence-electron chi connectivity index (χ3n) is 6.48. The molecule has 4 aromatic rings. The first-order valence-electron chi connectivity index (χ1n) is 12.2. The minimum Gasteiger partial charge on any atom is -0.497 e. The Labute approximate surface area is 230 Å². The Bertz CT molecular complexity index is 1550. The summed E-state index contributed by atoms with van der Waals surface area (Å²) in [6.45, 7) is 0.458. The van der Waals surface area contributed by atoms with Crippen molar-refractivity contribution < 1.29 is 9.53 Å². The number of benzene rings is 4. The van der Waals surface area contributed by atoms with Crippen LogP contribution in [0, 0.1) is 0 Å². The van der Waals surface area contributed by atoms with Crippen LogP contribution in [0.1, 0.15) is 5.56 Å². The summed E-state index contributed by atoms with van der Waals surface area (Å²) < 4.78 is 5.42. The van der Waals surface area contributed by atoms with Crippen LogP contribution in [0.2, 0.25) is 0 Å². The number of carbonyl (C=O) groups is 1. The van der Waals surface area contributed by atoms with Gasteiger partial charge in [-0.05, 0) is 52.7 Å². The van der Waals surface area contributed by atoms with Crippen LogP contribution in [0.25, 0.3) is 11.1 Å². The summed E-state index contributed by atoms with van der Waals surface area (Å²) in [6.07, 6.45) is 0. The van der Waals surface area contributed by atoms with Gasteiger partial charge >= 0.3 is 0 Å². The van der Waals surface area contributed by atoms with Gasteiger partial charge in [0.25, 0.3) is 5.91 Å². The molecule has 0 aliphatic carbocycles. The maximum Gasteiger partial charge on any atom is 0.269 e. The second kappa shape index (κ2) is 10.4. The van der Waals surface area contributed by atoms with Crippen LogP contribution in [0.5, 0.6) is 5.75 Å². The van der Waals surface area contributed by atoms with Gasteiger partial charge in [-0.2, -0.15) is 0 Å². The lowest BCUT2D eigenvalue weighted by Gasteiger charge is -2.17. The van der Waals surface area contributed by atoms with Crippen LogP contribution in [0.4, 0.5) is 11.4 Å². The van der Waals surface area contributed by atoms with Crippen molar-refractivity contribution in [3.8, 4) is 16.9 Å². The maximum atomic E-state index is 13.9. The van der Waals surface area contributed by atoms with Gasteiger partial charge < -0.3 is 9.64 Å². The zero-order valence-corrected chi connectivity index (χ0v) is 22.6. The second-order valence-electron chi connectivity index (χ2n) is 8.92. The number of carbonyl (C=O) groups excluding carboxylic acids is 1. The van der Waals surface area contributed by atoms with E-state index in [4.69, 9.17) is 9.73 Å². The van der Waals surface area contributed by atoms with Gasteiger partial charge in [-0.25, -0.2) is 4.99 Å². The number of hydrogen-bond acceptors (Lipinski definition) is 6. The van der Waals surface area contributed by atoms with E-state index in [-0.39, 0.29) is 5.91 Å². The van der Waals surface area contributed by atoms with Crippen molar-refractivity contribution >= 4 is 46.0 Å². The number of amidine groups is 1. The number of methoxy groups -OCH3 is 1. The first-order chi connectivity index (χ1) is 18.6. The third-order valence-corrected chi connectivity index (χ3v) is 8.91. The first-order valence-corrected chi connectivity index (χ1v) is 13.9. The number of anilines is 1. The molecule has 0 atom stereocenters. The van der Waals surface area contributed by atoms with Crippen LogP contribution in [-0.4, -0.2) is 30.1 Å². The highest BCUT2D eigenvalue weighted by Gasteiger charge is 2.39. The van der Waals surface area contributed by atoms with Gasteiger partial charge in [-0.15, -0.1) is 0 Å². The van der Waals surface area contributed by atoms with Crippen molar-refractivity contribution in [2.24, 2.45) is 4.99 Å². The van der Waals surface area contributed by atoms with E-state index in [1.165, 1.54) is 11.8 Å². The van der Waals surface area contributed by atoms with Crippen LogP contribution in [0.3, 0.4) is 0 Å². The highest BCUT2D eigenvalue weighted by molar-refractivity contribution is 8.19. The van der Waals surface area contributed by atoms with Gasteiger partial charge in [-0.3, -0.25) is 9.69 Å². The van der Waals surface area contributed by atoms with E-state index in [1.54, 1.807) is 23.8 Å². The molecule has 188 valence electrons. The van der Waals surface area contributed by atoms with E-state index < -0.39 is 0 Å². The predicted molar refractivity (Wildman–Crippen MR) is 158 cm³/mol. The lowest BCUT2D eigenvalue weighted by Crippen LogP contribution is -2.29. The molecule has 0 saturated carbocycles. The van der Waals surface area contributed by atoms with Crippen LogP contribution >= 0.6 is 23.5 Å². The SMILES string of the molecule is COc1ccc2c(c1)N(C)C(=C1SC(=Nc3ccc(-c4ccccc4)cc3)N(Cc3ccccc3)C1=O)S2. The highest BCUT2D eigenvalue weighted by atomic mass is 32.2. The molecule has 0 aromatic heterocycles. The molecule has 0 radical (unpaired) electrons. The van der Waals surface area contributed by atoms with Gasteiger partial charge in [0.1, 0.15) is 10.7 Å². The summed E-state index contributed by atoms with van der Waals surface area (Å²) in [7, 11) is 3.66. The van der Waals surface area contributed by atoms with Crippen LogP contribution in [-0.2, 0) is 11.3 Å². The molecular weight excluding hydrogens is 510 g/mol. The predicted octanol–water partition coefficient (Wildman–Crippen LogP) is 7.54. The monoisotopic (exact) mass is 535 g/mol. The number of nitrogens with zero attached hydrogens (tertiary/aromatic N) is 3. The zero-order chi connectivity index (χ0) is 26.1. The molecular formula is C31H25N3O2S2. The Morgan fingerprint density at radius 3 is 2.21 bits per heavy atom. The van der Waals surface area contributed by atoms with Crippen molar-refractivity contribution in [3.63, 3.8) is 0 Å². The minimum atomic E-state index is -0.0346. The number of ether oxygens (including phenoxy) is 1. The first kappa shape index (κ1) is 24.4. The fraction of sp³-hybridized carbons (Fsp3) is 0.0968. The van der Waals surface area contributed by atoms with Gasteiger partial charge in [0.2, 0.25) is 0 Å². The number of thioether (sulfide) groups is 2. The van der Waals surface area contributed by atoms with E-state index in [1.807, 2.05) is 85.9 Å². The summed E-state index contributed by atoms with van der Waals surface area (Å²) in [5.41, 5.74) is 5.19. The molecule has 38 heavy (non-hydrogen) atoms. The molecule has 2 aliphatic rings. The molecule has 1 fully saturated rings. The summed E-state index contributed by atoms with van der Waals surface area (Å²) in [5, 5.41) is 1.59. The highest BCUT2D eigenvalue weighted by Crippen LogP contribution is 2.51. The normalized spacial score (nSPS) is 17.8. The third kappa shape index (κ3) is 4.71. The summed E-state index contributed by atoms with van der Waals surface area (Å²) >= 11 is 3.04. The standard InChI is InChI=1S/C31H25N3O2S2/c1-33-26-19-25(36-2)17-18-27(26)37-30(33)28-29(35)34(20-21-9-5-3-6-10-21)31(38-28)32-24-15-13-23(14-16-24)22-11-7-4-8-12-22/h3-19H,20H2,1-2H3. The Balaban J connectivity index is 1.36. The Kier molecular flexibility index (Phi) is 6.70. The molecule has 0 bridgehead atoms. The average molecular weight is 536 g/mol. The quantitative estimate of drug-likeness (QED) is 0.247. The molecule has 2 heterocycles. The lowest BCUT2D eigenvalue weighted by atomic mass is 10.1. The van der Waals surface area contributed by atoms with E-state index in [0.29, 0.717) is 16.6 Å². The molecule has 1 saturated heterocycles. The Hall–Kier alpha value is -3.94. The van der Waals surface area contributed by atoms with E-state index >= 15 is 0 Å². The lowest BCUT2D eigenvalue weighted by molar-refractivity contribution is -0.122. The number of rotatable bonds is 5. The second-order valence-corrected chi connectivity index (χ2v) is 10.9. The average Bonchev–Trinajstić information content (AvgIpc) is 3.45. The van der Waals surface area contributed by atoms with E-state index in [2.05, 4.69) is 29.2 Å². The fourth-order valence-electron chi connectivity index (χ4n) is 4.45. The minimum absolute atomic E-state index is 0.0346. The molecule has 0 spiro atoms. The Morgan fingerprint density at radius 2 is 1.50 bits per heavy atom. The van der Waals surface area contributed by atoms with Crippen molar-refractivity contribution in [2.75, 3.05) is 19.1 Å². The molecule has 5 nitrogen and oxygen atoms in total. The molecule has 0 N–H and O–H groups in total. The number of hydrogen-bond donors (Lipinski definition) is 0. The van der Waals surface area contributed by atoms with Crippen molar-refractivity contribution in [1.29, 1.82) is 0 Å². The van der Waals surface area contributed by atoms with E-state index in [9.17, 15) is 4.79 Å². The smallest absolute Gasteiger partial charge is 0.269 e. The van der Waals surface area contributed by atoms with E-state index in [0.717, 1.165) is 43.7 Å². The molecule has 7 heteroatoms. The van der Waals surface area contributed by atoms with Crippen molar-refractivity contribution in [1.82, 2.24) is 4.90 Å². The summed E-state index contributed by atoms with van der Waals surface area (Å²) in [5.74, 6) is 0.757. The molecule has 1 amide bonds. The maximum absolute atomic E-state index is 13.9. The van der Waals surface area contributed by atoms with Crippen LogP contribution in [0.15, 0.2) is 123 Å². The van der Waals surface area contributed by atoms with Gasteiger partial charge in [0, 0.05) is 18.0 Å². The number of amides is 1.